The second-order valence-electron chi connectivity index (χ2n) is 3.59. The molecule has 0 aliphatic carbocycles. The monoisotopic (exact) mass is 282 g/mol. The van der Waals surface area contributed by atoms with Gasteiger partial charge in [-0.1, -0.05) is 12.1 Å². The normalized spacial score (nSPS) is 12.4. The molecule has 8 heteroatoms. The van der Waals surface area contributed by atoms with Crippen molar-refractivity contribution in [2.45, 2.75) is 17.5 Å². The van der Waals surface area contributed by atoms with Crippen molar-refractivity contribution in [1.82, 2.24) is 0 Å². The van der Waals surface area contributed by atoms with Crippen molar-refractivity contribution in [2.24, 2.45) is 0 Å². The number of sulfone groups is 1. The van der Waals surface area contributed by atoms with Gasteiger partial charge in [-0.25, -0.2) is 8.42 Å². The molecule has 1 aromatic rings. The Bertz CT molecular complexity index is 531. The zero-order valence-electron chi connectivity index (χ0n) is 8.94. The molecule has 0 bridgehead atoms. The summed E-state index contributed by atoms with van der Waals surface area (Å²) in [6.07, 6.45) is -5.13. The molecule has 0 atom stereocenters. The van der Waals surface area contributed by atoms with Crippen LogP contribution in [0.3, 0.4) is 0 Å². The van der Waals surface area contributed by atoms with Gasteiger partial charge in [0, 0.05) is 0 Å². The Morgan fingerprint density at radius 2 is 1.67 bits per heavy atom. The van der Waals surface area contributed by atoms with Gasteiger partial charge >= 0.3 is 12.1 Å². The Morgan fingerprint density at radius 1 is 1.17 bits per heavy atom. The van der Waals surface area contributed by atoms with Crippen LogP contribution in [0.25, 0.3) is 0 Å². The van der Waals surface area contributed by atoms with E-state index in [1.54, 1.807) is 0 Å². The average molecular weight is 282 g/mol. The predicted molar refractivity (Wildman–Crippen MR) is 55.9 cm³/mol. The van der Waals surface area contributed by atoms with Crippen LogP contribution in [0.2, 0.25) is 0 Å². The maximum absolute atomic E-state index is 12.0. The fraction of sp³-hybridized carbons (Fsp3) is 0.300. The van der Waals surface area contributed by atoms with Gasteiger partial charge in [-0.2, -0.15) is 13.2 Å². The molecule has 0 amide bonds. The molecule has 1 rings (SSSR count). The molecule has 1 aromatic carbocycles. The summed E-state index contributed by atoms with van der Waals surface area (Å²) in [4.78, 5) is 9.89. The summed E-state index contributed by atoms with van der Waals surface area (Å²) < 4.78 is 58.8. The van der Waals surface area contributed by atoms with Gasteiger partial charge in [0.25, 0.3) is 0 Å². The fourth-order valence-electron chi connectivity index (χ4n) is 1.29. The SMILES string of the molecule is O=C(O)Cc1ccc(S(=O)(=O)CC(F)(F)F)cc1. The quantitative estimate of drug-likeness (QED) is 0.911. The van der Waals surface area contributed by atoms with Crippen LogP contribution in [-0.4, -0.2) is 31.4 Å². The molecular formula is C10H9F3O4S. The molecule has 0 spiro atoms. The summed E-state index contributed by atoms with van der Waals surface area (Å²) >= 11 is 0. The molecule has 4 nitrogen and oxygen atoms in total. The highest BCUT2D eigenvalue weighted by atomic mass is 32.2. The van der Waals surface area contributed by atoms with Gasteiger partial charge in [0.1, 0.15) is 0 Å². The van der Waals surface area contributed by atoms with E-state index in [0.29, 0.717) is 5.56 Å². The highest BCUT2D eigenvalue weighted by Crippen LogP contribution is 2.22. The van der Waals surface area contributed by atoms with Crippen molar-refractivity contribution in [3.63, 3.8) is 0 Å². The topological polar surface area (TPSA) is 71.4 Å². The summed E-state index contributed by atoms with van der Waals surface area (Å²) in [5.74, 6) is -3.04. The van der Waals surface area contributed by atoms with Crippen LogP contribution in [0, 0.1) is 0 Å². The number of hydrogen-bond donors (Lipinski definition) is 1. The third-order valence-electron chi connectivity index (χ3n) is 1.99. The Kier molecular flexibility index (Phi) is 4.00. The maximum Gasteiger partial charge on any atom is 0.403 e. The van der Waals surface area contributed by atoms with Crippen LogP contribution in [-0.2, 0) is 21.1 Å². The van der Waals surface area contributed by atoms with Gasteiger partial charge in [0.05, 0.1) is 11.3 Å². The molecular weight excluding hydrogens is 273 g/mol. The van der Waals surface area contributed by atoms with Crippen molar-refractivity contribution in [3.8, 4) is 0 Å². The lowest BCUT2D eigenvalue weighted by atomic mass is 10.2. The highest BCUT2D eigenvalue weighted by molar-refractivity contribution is 7.91. The van der Waals surface area contributed by atoms with Gasteiger partial charge in [-0.15, -0.1) is 0 Å². The number of hydrogen-bond acceptors (Lipinski definition) is 3. The van der Waals surface area contributed by atoms with Gasteiger partial charge in [-0.05, 0) is 17.7 Å². The van der Waals surface area contributed by atoms with E-state index >= 15 is 0 Å². The number of carbonyl (C=O) groups is 1. The van der Waals surface area contributed by atoms with Crippen LogP contribution in [0.1, 0.15) is 5.56 Å². The van der Waals surface area contributed by atoms with Crippen LogP contribution >= 0.6 is 0 Å². The Labute approximate surface area is 101 Å². The Morgan fingerprint density at radius 3 is 2.06 bits per heavy atom. The van der Waals surface area contributed by atoms with Crippen LogP contribution in [0.15, 0.2) is 29.2 Å². The van der Waals surface area contributed by atoms with Crippen molar-refractivity contribution in [2.75, 3.05) is 5.75 Å². The largest absolute Gasteiger partial charge is 0.481 e. The second kappa shape index (κ2) is 4.97. The molecule has 0 fully saturated rings. The first-order valence-electron chi connectivity index (χ1n) is 4.70. The smallest absolute Gasteiger partial charge is 0.403 e. The van der Waals surface area contributed by atoms with E-state index in [0.717, 1.165) is 12.1 Å². The first-order chi connectivity index (χ1) is 8.10. The lowest BCUT2D eigenvalue weighted by Gasteiger charge is -2.08. The lowest BCUT2D eigenvalue weighted by molar-refractivity contribution is -0.136. The molecule has 0 saturated heterocycles. The van der Waals surface area contributed by atoms with E-state index < -0.39 is 32.6 Å². The maximum atomic E-state index is 12.0. The molecule has 0 unspecified atom stereocenters. The van der Waals surface area contributed by atoms with Crippen molar-refractivity contribution in [1.29, 1.82) is 0 Å². The molecule has 0 saturated carbocycles. The average Bonchev–Trinajstić information content (AvgIpc) is 2.13. The lowest BCUT2D eigenvalue weighted by Crippen LogP contribution is -2.22. The van der Waals surface area contributed by atoms with E-state index in [2.05, 4.69) is 0 Å². The number of carboxylic acid groups (broad SMARTS) is 1. The third-order valence-corrected chi connectivity index (χ3v) is 3.69. The summed E-state index contributed by atoms with van der Waals surface area (Å²) in [5, 5.41) is 8.48. The molecule has 18 heavy (non-hydrogen) atoms. The summed E-state index contributed by atoms with van der Waals surface area (Å²) in [6.45, 7) is 0. The summed E-state index contributed by atoms with van der Waals surface area (Å²) in [7, 11) is -4.44. The van der Waals surface area contributed by atoms with Crippen LogP contribution in [0.4, 0.5) is 13.2 Å². The molecule has 0 aliphatic heterocycles. The molecule has 0 aromatic heterocycles. The molecule has 0 radical (unpaired) electrons. The number of benzene rings is 1. The number of rotatable bonds is 4. The van der Waals surface area contributed by atoms with Gasteiger partial charge < -0.3 is 5.11 Å². The molecule has 0 aliphatic rings. The van der Waals surface area contributed by atoms with E-state index in [1.807, 2.05) is 0 Å². The number of halogens is 3. The Balaban J connectivity index is 2.94. The first kappa shape index (κ1) is 14.5. The number of carboxylic acids is 1. The van der Waals surface area contributed by atoms with Gasteiger partial charge in [0.15, 0.2) is 15.6 Å². The number of aliphatic carboxylic acids is 1. The zero-order valence-corrected chi connectivity index (χ0v) is 9.75. The van der Waals surface area contributed by atoms with Crippen molar-refractivity contribution < 1.29 is 31.5 Å². The van der Waals surface area contributed by atoms with Gasteiger partial charge in [0.2, 0.25) is 0 Å². The molecule has 100 valence electrons. The number of alkyl halides is 3. The molecule has 1 N–H and O–H groups in total. The van der Waals surface area contributed by atoms with Crippen LogP contribution in [0.5, 0.6) is 0 Å². The van der Waals surface area contributed by atoms with E-state index in [-0.39, 0.29) is 6.42 Å². The second-order valence-corrected chi connectivity index (χ2v) is 5.58. The van der Waals surface area contributed by atoms with E-state index in [9.17, 15) is 26.4 Å². The summed E-state index contributed by atoms with van der Waals surface area (Å²) in [5.41, 5.74) is 0.313. The van der Waals surface area contributed by atoms with Crippen LogP contribution < -0.4 is 0 Å². The van der Waals surface area contributed by atoms with E-state index in [1.165, 1.54) is 12.1 Å². The van der Waals surface area contributed by atoms with Crippen molar-refractivity contribution in [3.05, 3.63) is 29.8 Å². The minimum Gasteiger partial charge on any atom is -0.481 e. The van der Waals surface area contributed by atoms with Crippen molar-refractivity contribution >= 4 is 15.8 Å². The predicted octanol–water partition coefficient (Wildman–Crippen LogP) is 1.65. The fourth-order valence-corrected chi connectivity index (χ4v) is 2.44. The minimum absolute atomic E-state index is 0.313. The van der Waals surface area contributed by atoms with E-state index in [4.69, 9.17) is 5.11 Å². The summed E-state index contributed by atoms with van der Waals surface area (Å²) in [6, 6.07) is 4.30. The standard InChI is InChI=1S/C10H9F3O4S/c11-10(12,13)6-18(16,17)8-3-1-7(2-4-8)5-9(14)15/h1-4H,5-6H2,(H,14,15). The zero-order chi connectivity index (χ0) is 14.0. The van der Waals surface area contributed by atoms with Gasteiger partial charge in [-0.3, -0.25) is 4.79 Å². The first-order valence-corrected chi connectivity index (χ1v) is 6.36. The third kappa shape index (κ3) is 4.36. The Hall–Kier alpha value is -1.57. The molecule has 0 heterocycles. The minimum atomic E-state index is -4.81. The highest BCUT2D eigenvalue weighted by Gasteiger charge is 2.35.